The number of ether oxygens (including phenoxy) is 1. The van der Waals surface area contributed by atoms with Gasteiger partial charge in [-0.15, -0.1) is 0 Å². The highest BCUT2D eigenvalue weighted by Gasteiger charge is 2.21. The molecule has 1 aromatic carbocycles. The summed E-state index contributed by atoms with van der Waals surface area (Å²) in [7, 11) is 1.67. The molecule has 0 saturated heterocycles. The zero-order valence-electron chi connectivity index (χ0n) is 18.6. The number of pyridine rings is 1. The lowest BCUT2D eigenvalue weighted by molar-refractivity contribution is 0.0953. The first kappa shape index (κ1) is 20.8. The fourth-order valence-corrected chi connectivity index (χ4v) is 4.10. The van der Waals surface area contributed by atoms with E-state index in [0.29, 0.717) is 30.2 Å². The van der Waals surface area contributed by atoms with E-state index in [0.717, 1.165) is 41.1 Å². The number of methoxy groups -OCH3 is 1. The van der Waals surface area contributed by atoms with E-state index in [2.05, 4.69) is 26.4 Å². The number of aryl methyl sites for hydroxylation is 2. The van der Waals surface area contributed by atoms with Gasteiger partial charge in [-0.1, -0.05) is 6.07 Å². The van der Waals surface area contributed by atoms with Gasteiger partial charge in [0.1, 0.15) is 5.75 Å². The van der Waals surface area contributed by atoms with Crippen LogP contribution in [0.1, 0.15) is 32.9 Å². The topological polar surface area (TPSA) is 94.8 Å². The van der Waals surface area contributed by atoms with Gasteiger partial charge in [0.15, 0.2) is 0 Å². The minimum absolute atomic E-state index is 0.176. The van der Waals surface area contributed by atoms with E-state index >= 15 is 0 Å². The van der Waals surface area contributed by atoms with Gasteiger partial charge in [-0.2, -0.15) is 5.10 Å². The molecule has 0 saturated carbocycles. The van der Waals surface area contributed by atoms with E-state index in [-0.39, 0.29) is 5.91 Å². The van der Waals surface area contributed by atoms with Crippen molar-refractivity contribution in [2.45, 2.75) is 26.2 Å². The van der Waals surface area contributed by atoms with Crippen molar-refractivity contribution in [2.75, 3.05) is 13.7 Å². The van der Waals surface area contributed by atoms with Crippen LogP contribution in [0.25, 0.3) is 17.2 Å². The van der Waals surface area contributed by atoms with Crippen molar-refractivity contribution in [1.82, 2.24) is 30.0 Å². The predicted octanol–water partition coefficient (Wildman–Crippen LogP) is 3.11. The molecule has 0 aliphatic heterocycles. The highest BCUT2D eigenvalue weighted by molar-refractivity contribution is 5.95. The number of rotatable bonds is 6. The van der Waals surface area contributed by atoms with Crippen LogP contribution >= 0.6 is 0 Å². The minimum atomic E-state index is -0.176. The summed E-state index contributed by atoms with van der Waals surface area (Å²) in [4.78, 5) is 26.4. The molecule has 1 N–H and O–H groups in total. The molecule has 5 rings (SSSR count). The summed E-state index contributed by atoms with van der Waals surface area (Å²) in [5, 5.41) is 7.35. The summed E-state index contributed by atoms with van der Waals surface area (Å²) in [6.07, 6.45) is 7.63. The first-order valence-corrected chi connectivity index (χ1v) is 10.9. The van der Waals surface area contributed by atoms with E-state index in [1.807, 2.05) is 43.5 Å². The Bertz CT molecular complexity index is 1320. The zero-order chi connectivity index (χ0) is 22.8. The average Bonchev–Trinajstić information content (AvgIpc) is 3.25. The SMILES string of the molecule is COc1ccc2c(c1)CCc1cnc(-n3ncc(C(=O)NCCc4ccccn4)c3C)nc1-2. The first-order chi connectivity index (χ1) is 16.1. The summed E-state index contributed by atoms with van der Waals surface area (Å²) in [6, 6.07) is 11.8. The molecule has 3 aromatic heterocycles. The van der Waals surface area contributed by atoms with Crippen LogP contribution in [0.2, 0.25) is 0 Å². The number of benzene rings is 1. The molecule has 1 aliphatic rings. The van der Waals surface area contributed by atoms with E-state index in [1.165, 1.54) is 5.56 Å². The molecule has 8 heteroatoms. The Morgan fingerprint density at radius 2 is 2.00 bits per heavy atom. The van der Waals surface area contributed by atoms with Crippen molar-refractivity contribution in [1.29, 1.82) is 0 Å². The summed E-state index contributed by atoms with van der Waals surface area (Å²) in [5.41, 5.74) is 6.42. The largest absolute Gasteiger partial charge is 0.497 e. The van der Waals surface area contributed by atoms with Crippen LogP contribution in [0, 0.1) is 6.92 Å². The molecule has 1 aliphatic carbocycles. The normalized spacial score (nSPS) is 12.1. The van der Waals surface area contributed by atoms with Gasteiger partial charge in [-0.25, -0.2) is 14.6 Å². The monoisotopic (exact) mass is 440 g/mol. The van der Waals surface area contributed by atoms with Crippen LogP contribution in [-0.4, -0.2) is 44.3 Å². The van der Waals surface area contributed by atoms with Crippen LogP contribution < -0.4 is 10.1 Å². The first-order valence-electron chi connectivity index (χ1n) is 10.9. The molecule has 8 nitrogen and oxygen atoms in total. The van der Waals surface area contributed by atoms with Crippen LogP contribution in [0.3, 0.4) is 0 Å². The Balaban J connectivity index is 1.37. The number of fused-ring (bicyclic) bond motifs is 3. The number of hydrogen-bond acceptors (Lipinski definition) is 6. The number of hydrogen-bond donors (Lipinski definition) is 1. The number of nitrogens with one attached hydrogen (secondary N) is 1. The van der Waals surface area contributed by atoms with E-state index < -0.39 is 0 Å². The lowest BCUT2D eigenvalue weighted by atomic mass is 9.90. The summed E-state index contributed by atoms with van der Waals surface area (Å²) < 4.78 is 6.98. The second-order valence-corrected chi connectivity index (χ2v) is 7.95. The lowest BCUT2D eigenvalue weighted by Gasteiger charge is -2.19. The van der Waals surface area contributed by atoms with Gasteiger partial charge in [0, 0.05) is 36.6 Å². The van der Waals surface area contributed by atoms with Crippen molar-refractivity contribution in [3.63, 3.8) is 0 Å². The summed E-state index contributed by atoms with van der Waals surface area (Å²) in [6.45, 7) is 2.35. The van der Waals surface area contributed by atoms with Crippen LogP contribution in [0.5, 0.6) is 5.75 Å². The molecule has 0 radical (unpaired) electrons. The number of nitrogens with zero attached hydrogens (tertiary/aromatic N) is 5. The molecule has 1 amide bonds. The highest BCUT2D eigenvalue weighted by Crippen LogP contribution is 2.34. The number of amides is 1. The van der Waals surface area contributed by atoms with Crippen molar-refractivity contribution in [2.24, 2.45) is 0 Å². The Morgan fingerprint density at radius 1 is 1.12 bits per heavy atom. The fraction of sp³-hybridized carbons (Fsp3) is 0.240. The summed E-state index contributed by atoms with van der Waals surface area (Å²) >= 11 is 0. The molecule has 3 heterocycles. The Labute approximate surface area is 191 Å². The predicted molar refractivity (Wildman–Crippen MR) is 124 cm³/mol. The molecule has 0 spiro atoms. The zero-order valence-corrected chi connectivity index (χ0v) is 18.6. The Hall–Kier alpha value is -4.07. The molecule has 0 bridgehead atoms. The average molecular weight is 441 g/mol. The number of carbonyl (C=O) groups is 1. The van der Waals surface area contributed by atoms with Gasteiger partial charge >= 0.3 is 0 Å². The van der Waals surface area contributed by atoms with Crippen molar-refractivity contribution in [3.8, 4) is 23.0 Å². The van der Waals surface area contributed by atoms with Crippen molar-refractivity contribution < 1.29 is 9.53 Å². The molecule has 166 valence electrons. The Kier molecular flexibility index (Phi) is 5.56. The summed E-state index contributed by atoms with van der Waals surface area (Å²) in [5.74, 6) is 1.11. The second-order valence-electron chi connectivity index (χ2n) is 7.95. The number of carbonyl (C=O) groups excluding carboxylic acids is 1. The van der Waals surface area contributed by atoms with Gasteiger partial charge in [-0.3, -0.25) is 9.78 Å². The molecule has 0 atom stereocenters. The fourth-order valence-electron chi connectivity index (χ4n) is 4.10. The second kappa shape index (κ2) is 8.82. The van der Waals surface area contributed by atoms with Crippen LogP contribution in [0.15, 0.2) is 55.0 Å². The van der Waals surface area contributed by atoms with Crippen LogP contribution in [0.4, 0.5) is 0 Å². The standard InChI is InChI=1S/C25H24N6O2/c1-16-22(24(32)27-12-10-19-5-3-4-11-26-19)15-29-31(16)25-28-14-18-7-6-17-13-20(33-2)8-9-21(17)23(18)30-25/h3-5,8-9,11,13-15H,6-7,10,12H2,1-2H3,(H,27,32). The van der Waals surface area contributed by atoms with Gasteiger partial charge in [0.2, 0.25) is 0 Å². The van der Waals surface area contributed by atoms with E-state index in [1.54, 1.807) is 24.2 Å². The Morgan fingerprint density at radius 3 is 2.82 bits per heavy atom. The van der Waals surface area contributed by atoms with Gasteiger partial charge in [0.25, 0.3) is 11.9 Å². The third kappa shape index (κ3) is 4.07. The van der Waals surface area contributed by atoms with Gasteiger partial charge in [-0.05, 0) is 61.2 Å². The maximum absolute atomic E-state index is 12.7. The highest BCUT2D eigenvalue weighted by atomic mass is 16.5. The molecule has 4 aromatic rings. The molecule has 0 unspecified atom stereocenters. The van der Waals surface area contributed by atoms with Gasteiger partial charge < -0.3 is 10.1 Å². The van der Waals surface area contributed by atoms with Crippen LogP contribution in [-0.2, 0) is 19.3 Å². The molecular weight excluding hydrogens is 416 g/mol. The van der Waals surface area contributed by atoms with E-state index in [4.69, 9.17) is 9.72 Å². The minimum Gasteiger partial charge on any atom is -0.497 e. The molecule has 0 fully saturated rings. The number of aromatic nitrogens is 5. The smallest absolute Gasteiger partial charge is 0.254 e. The van der Waals surface area contributed by atoms with E-state index in [9.17, 15) is 4.79 Å². The van der Waals surface area contributed by atoms with Crippen molar-refractivity contribution in [3.05, 3.63) is 83.1 Å². The molecular formula is C25H24N6O2. The molecule has 33 heavy (non-hydrogen) atoms. The van der Waals surface area contributed by atoms with Crippen molar-refractivity contribution >= 4 is 5.91 Å². The maximum atomic E-state index is 12.7. The quantitative estimate of drug-likeness (QED) is 0.495. The lowest BCUT2D eigenvalue weighted by Crippen LogP contribution is -2.26. The third-order valence-corrected chi connectivity index (χ3v) is 5.92. The maximum Gasteiger partial charge on any atom is 0.254 e. The third-order valence-electron chi connectivity index (χ3n) is 5.92. The van der Waals surface area contributed by atoms with Gasteiger partial charge in [0.05, 0.1) is 30.3 Å².